The fourth-order valence-electron chi connectivity index (χ4n) is 5.21. The van der Waals surface area contributed by atoms with E-state index in [1.54, 1.807) is 51.0 Å². The number of aromatic nitrogens is 2. The van der Waals surface area contributed by atoms with Crippen molar-refractivity contribution in [2.75, 3.05) is 28.8 Å². The van der Waals surface area contributed by atoms with Crippen LogP contribution in [-0.4, -0.2) is 70.4 Å². The van der Waals surface area contributed by atoms with Crippen LogP contribution in [0.4, 0.5) is 27.9 Å². The number of benzene rings is 1. The average molecular weight is 569 g/mol. The van der Waals surface area contributed by atoms with E-state index in [0.717, 1.165) is 37.2 Å². The van der Waals surface area contributed by atoms with Crippen LogP contribution in [-0.2, 0) is 14.3 Å². The maximum absolute atomic E-state index is 13.1. The molecule has 1 fully saturated rings. The first-order valence-electron chi connectivity index (χ1n) is 14.1. The van der Waals surface area contributed by atoms with Crippen molar-refractivity contribution in [3.05, 3.63) is 30.5 Å². The number of fused-ring (bicyclic) bond motifs is 1. The first kappa shape index (κ1) is 29.9. The summed E-state index contributed by atoms with van der Waals surface area (Å²) in [5.41, 5.74) is 0.723. The molecule has 1 aliphatic heterocycles. The number of nitrogens with one attached hydrogen (secondary N) is 2. The third kappa shape index (κ3) is 7.36. The Morgan fingerprint density at radius 2 is 1.85 bits per heavy atom. The molecule has 2 amide bonds. The number of hydrogen-bond donors (Lipinski definition) is 3. The second kappa shape index (κ2) is 12.6. The van der Waals surface area contributed by atoms with Gasteiger partial charge in [-0.15, -0.1) is 0 Å². The zero-order valence-electron chi connectivity index (χ0n) is 24.3. The monoisotopic (exact) mass is 568 g/mol. The van der Waals surface area contributed by atoms with Crippen molar-refractivity contribution in [2.45, 2.75) is 89.9 Å². The lowest BCUT2D eigenvalue weighted by molar-refractivity contribution is -0.139. The van der Waals surface area contributed by atoms with Crippen LogP contribution in [0.15, 0.2) is 30.5 Å². The van der Waals surface area contributed by atoms with Crippen LogP contribution in [0.3, 0.4) is 0 Å². The summed E-state index contributed by atoms with van der Waals surface area (Å²) >= 11 is 0. The van der Waals surface area contributed by atoms with E-state index in [0.29, 0.717) is 23.8 Å². The largest absolute Gasteiger partial charge is 0.493 e. The molecule has 2 aliphatic rings. The van der Waals surface area contributed by atoms with Gasteiger partial charge in [-0.1, -0.05) is 19.8 Å². The van der Waals surface area contributed by atoms with Crippen LogP contribution in [0.5, 0.6) is 5.75 Å². The number of anilines is 4. The van der Waals surface area contributed by atoms with E-state index in [4.69, 9.17) is 14.5 Å². The fourth-order valence-corrected chi connectivity index (χ4v) is 5.21. The summed E-state index contributed by atoms with van der Waals surface area (Å²) in [6, 6.07) is 6.03. The molecule has 1 aromatic heterocycles. The highest BCUT2D eigenvalue weighted by Gasteiger charge is 2.41. The van der Waals surface area contributed by atoms with Crippen molar-refractivity contribution < 1.29 is 29.0 Å². The van der Waals surface area contributed by atoms with Crippen molar-refractivity contribution in [3.63, 3.8) is 0 Å². The lowest BCUT2D eigenvalue weighted by Crippen LogP contribution is -2.55. The number of carboxylic acid groups (broad SMARTS) is 1. The molecule has 0 unspecified atom stereocenters. The van der Waals surface area contributed by atoms with Crippen molar-refractivity contribution >= 4 is 41.1 Å². The number of carboxylic acids is 1. The molecule has 0 spiro atoms. The summed E-state index contributed by atoms with van der Waals surface area (Å²) in [4.78, 5) is 49.8. The molecule has 1 saturated carbocycles. The van der Waals surface area contributed by atoms with Gasteiger partial charge < -0.3 is 35.0 Å². The van der Waals surface area contributed by atoms with Crippen LogP contribution in [0.2, 0.25) is 0 Å². The van der Waals surface area contributed by atoms with E-state index in [1.807, 2.05) is 19.1 Å². The summed E-state index contributed by atoms with van der Waals surface area (Å²) in [5.74, 6) is 0.645. The molecular weight excluding hydrogens is 528 g/mol. The molecular formula is C29H40N6O6. The smallest absolute Gasteiger partial charge is 0.408 e. The van der Waals surface area contributed by atoms with Crippen LogP contribution in [0.25, 0.3) is 0 Å². The van der Waals surface area contributed by atoms with Gasteiger partial charge >= 0.3 is 12.1 Å². The van der Waals surface area contributed by atoms with Crippen LogP contribution in [0, 0.1) is 0 Å². The standard InChI is InChI=1S/C29H40N6O6/c1-6-22-25(36)34(5)23-17-30-27(33-24(23)35(22)19-9-7-8-10-19)31-18-11-13-20(14-12-18)40-16-15-21(26(37)38)32-28(39)41-29(2,3)4/h11-14,17,19,21-22H,6-10,15-16H2,1-5H3,(H,32,39)(H,37,38)(H,30,31,33)/t21-,22+/m0/s1. The van der Waals surface area contributed by atoms with Gasteiger partial charge in [-0.05, 0) is 64.3 Å². The Morgan fingerprint density at radius 1 is 1.17 bits per heavy atom. The molecule has 1 aliphatic carbocycles. The summed E-state index contributed by atoms with van der Waals surface area (Å²) < 4.78 is 10.8. The van der Waals surface area contributed by atoms with Crippen molar-refractivity contribution in [3.8, 4) is 5.75 Å². The SMILES string of the molecule is CC[C@@H]1C(=O)N(C)c2cnc(Nc3ccc(OCC[C@H](NC(=O)OC(C)(C)C)C(=O)O)cc3)nc2N1C1CCCC1. The Bertz CT molecular complexity index is 1240. The summed E-state index contributed by atoms with van der Waals surface area (Å²) in [5, 5.41) is 15.0. The number of aliphatic carboxylic acids is 1. The maximum Gasteiger partial charge on any atom is 0.408 e. The Labute approximate surface area is 240 Å². The zero-order chi connectivity index (χ0) is 29.7. The number of likely N-dealkylation sites (N-methyl/N-ethyl adjacent to an activating group) is 1. The number of carbonyl (C=O) groups excluding carboxylic acids is 2. The minimum atomic E-state index is -1.17. The number of hydrogen-bond acceptors (Lipinski definition) is 9. The van der Waals surface area contributed by atoms with Gasteiger partial charge in [0, 0.05) is 25.2 Å². The molecule has 0 saturated heterocycles. The molecule has 3 N–H and O–H groups in total. The van der Waals surface area contributed by atoms with Gasteiger partial charge in [0.15, 0.2) is 5.82 Å². The number of alkyl carbamates (subject to hydrolysis) is 1. The minimum Gasteiger partial charge on any atom is -0.493 e. The van der Waals surface area contributed by atoms with E-state index in [1.165, 1.54) is 0 Å². The number of rotatable bonds is 10. The average Bonchev–Trinajstić information content (AvgIpc) is 3.44. The third-order valence-corrected chi connectivity index (χ3v) is 7.19. The van der Waals surface area contributed by atoms with Crippen molar-refractivity contribution in [1.82, 2.24) is 15.3 Å². The Balaban J connectivity index is 1.39. The second-order valence-electron chi connectivity index (χ2n) is 11.4. The van der Waals surface area contributed by atoms with E-state index < -0.39 is 23.7 Å². The molecule has 12 heteroatoms. The lowest BCUT2D eigenvalue weighted by atomic mass is 10.0. The summed E-state index contributed by atoms with van der Waals surface area (Å²) in [7, 11) is 1.78. The highest BCUT2D eigenvalue weighted by molar-refractivity contribution is 6.04. The Hall–Kier alpha value is -4.09. The molecule has 222 valence electrons. The molecule has 4 rings (SSSR count). The fraction of sp³-hybridized carbons (Fsp3) is 0.552. The predicted molar refractivity (Wildman–Crippen MR) is 155 cm³/mol. The summed E-state index contributed by atoms with van der Waals surface area (Å²) in [6.45, 7) is 7.22. The Kier molecular flexibility index (Phi) is 9.19. The Morgan fingerprint density at radius 3 is 2.46 bits per heavy atom. The maximum atomic E-state index is 13.1. The normalized spacial score (nSPS) is 18.1. The summed E-state index contributed by atoms with van der Waals surface area (Å²) in [6.07, 6.45) is 6.06. The topological polar surface area (TPSA) is 146 Å². The second-order valence-corrected chi connectivity index (χ2v) is 11.4. The van der Waals surface area contributed by atoms with E-state index >= 15 is 0 Å². The van der Waals surface area contributed by atoms with Gasteiger partial charge in [-0.25, -0.2) is 14.6 Å². The molecule has 12 nitrogen and oxygen atoms in total. The highest BCUT2D eigenvalue weighted by Crippen LogP contribution is 2.40. The van der Waals surface area contributed by atoms with Gasteiger partial charge in [-0.2, -0.15) is 4.98 Å². The van der Waals surface area contributed by atoms with Crippen LogP contribution >= 0.6 is 0 Å². The lowest BCUT2D eigenvalue weighted by Gasteiger charge is -2.43. The van der Waals surface area contributed by atoms with Gasteiger partial charge in [0.2, 0.25) is 11.9 Å². The first-order valence-corrected chi connectivity index (χ1v) is 14.1. The first-order chi connectivity index (χ1) is 19.5. The van der Waals surface area contributed by atoms with Crippen molar-refractivity contribution in [1.29, 1.82) is 0 Å². The molecule has 2 heterocycles. The zero-order valence-corrected chi connectivity index (χ0v) is 24.3. The molecule has 41 heavy (non-hydrogen) atoms. The molecule has 0 bridgehead atoms. The number of nitrogens with zero attached hydrogens (tertiary/aromatic N) is 4. The molecule has 2 atom stereocenters. The van der Waals surface area contributed by atoms with E-state index in [9.17, 15) is 19.5 Å². The quantitative estimate of drug-likeness (QED) is 0.375. The minimum absolute atomic E-state index is 0.0603. The third-order valence-electron chi connectivity index (χ3n) is 7.19. The van der Waals surface area contributed by atoms with Crippen LogP contribution < -0.4 is 25.2 Å². The number of carbonyl (C=O) groups is 3. The predicted octanol–water partition coefficient (Wildman–Crippen LogP) is 4.47. The van der Waals surface area contributed by atoms with Crippen molar-refractivity contribution in [2.24, 2.45) is 0 Å². The molecule has 2 aromatic rings. The van der Waals surface area contributed by atoms with Gasteiger partial charge in [0.1, 0.15) is 29.1 Å². The van der Waals surface area contributed by atoms with E-state index in [2.05, 4.69) is 20.5 Å². The molecule has 1 aromatic carbocycles. The van der Waals surface area contributed by atoms with Gasteiger partial charge in [0.25, 0.3) is 0 Å². The molecule has 0 radical (unpaired) electrons. The van der Waals surface area contributed by atoms with Crippen LogP contribution in [0.1, 0.15) is 66.2 Å². The van der Waals surface area contributed by atoms with Gasteiger partial charge in [0.05, 0.1) is 12.8 Å². The number of amides is 2. The van der Waals surface area contributed by atoms with E-state index in [-0.39, 0.29) is 31.0 Å². The number of ether oxygens (including phenoxy) is 2. The van der Waals surface area contributed by atoms with Gasteiger partial charge in [-0.3, -0.25) is 4.79 Å². The highest BCUT2D eigenvalue weighted by atomic mass is 16.6.